The fourth-order valence-electron chi connectivity index (χ4n) is 4.50. The van der Waals surface area contributed by atoms with Gasteiger partial charge < -0.3 is 19.7 Å². The number of fused-ring (bicyclic) bond motifs is 2. The molecule has 0 saturated heterocycles. The number of anilines is 1. The molecule has 182 valence electrons. The van der Waals surface area contributed by atoms with Crippen molar-refractivity contribution in [1.82, 2.24) is 19.9 Å². The number of ether oxygens (including phenoxy) is 2. The minimum Gasteiger partial charge on any atom is -0.493 e. The van der Waals surface area contributed by atoms with Gasteiger partial charge in [-0.3, -0.25) is 4.79 Å². The van der Waals surface area contributed by atoms with E-state index in [4.69, 9.17) is 9.47 Å². The van der Waals surface area contributed by atoms with Crippen LogP contribution in [0.4, 0.5) is 5.69 Å². The van der Waals surface area contributed by atoms with E-state index in [2.05, 4.69) is 31.4 Å². The van der Waals surface area contributed by atoms with Gasteiger partial charge in [-0.1, -0.05) is 28.1 Å². The fraction of sp³-hybridized carbons (Fsp3) is 0.346. The van der Waals surface area contributed by atoms with Gasteiger partial charge in [-0.2, -0.15) is 15.0 Å². The lowest BCUT2D eigenvalue weighted by Crippen LogP contribution is -2.34. The van der Waals surface area contributed by atoms with Crippen LogP contribution in [-0.2, 0) is 0 Å². The van der Waals surface area contributed by atoms with E-state index in [9.17, 15) is 4.79 Å². The lowest BCUT2D eigenvalue weighted by Gasteiger charge is -2.20. The van der Waals surface area contributed by atoms with Gasteiger partial charge in [-0.15, -0.1) is 0 Å². The molecule has 1 N–H and O–H groups in total. The van der Waals surface area contributed by atoms with Crippen molar-refractivity contribution in [3.8, 4) is 17.2 Å². The first kappa shape index (κ1) is 23.4. The Bertz CT molecular complexity index is 1210. The number of hydrogen-bond acceptors (Lipinski definition) is 6. The van der Waals surface area contributed by atoms with E-state index in [1.807, 2.05) is 41.4 Å². The van der Waals surface area contributed by atoms with Gasteiger partial charge in [-0.05, 0) is 55.0 Å². The number of carbonyl (C=O) groups is 1. The van der Waals surface area contributed by atoms with Crippen LogP contribution in [0.2, 0.25) is 0 Å². The smallest absolute Gasteiger partial charge is 0.260 e. The summed E-state index contributed by atoms with van der Waals surface area (Å²) in [5.41, 5.74) is 4.49. The summed E-state index contributed by atoms with van der Waals surface area (Å²) >= 11 is 3.46. The number of amides is 1. The molecule has 0 bridgehead atoms. The van der Waals surface area contributed by atoms with Crippen LogP contribution in [0, 0.1) is 0 Å². The zero-order chi connectivity index (χ0) is 24.2. The average Bonchev–Trinajstić information content (AvgIpc) is 3.55. The number of aromatic nitrogens is 3. The average molecular weight is 538 g/mol. The number of benzene rings is 2. The second-order valence-corrected chi connectivity index (χ2v) is 9.41. The third-order valence-electron chi connectivity index (χ3n) is 6.36. The molecular weight excluding hydrogens is 510 g/mol. The highest BCUT2D eigenvalue weighted by molar-refractivity contribution is 9.09. The first-order chi connectivity index (χ1) is 17.2. The lowest BCUT2D eigenvalue weighted by molar-refractivity contribution is 0.0796. The van der Waals surface area contributed by atoms with Crippen molar-refractivity contribution in [2.24, 2.45) is 0 Å². The van der Waals surface area contributed by atoms with Gasteiger partial charge in [-0.25, -0.2) is 0 Å². The number of unbranched alkanes of at least 4 members (excludes halogenated alkanes) is 2. The number of nitrogens with one attached hydrogen (secondary N) is 1. The molecule has 5 rings (SSSR count). The Balaban J connectivity index is 1.34. The van der Waals surface area contributed by atoms with Gasteiger partial charge in [0.15, 0.2) is 11.5 Å². The van der Waals surface area contributed by atoms with E-state index in [0.29, 0.717) is 30.2 Å². The van der Waals surface area contributed by atoms with Crippen LogP contribution < -0.4 is 14.8 Å². The van der Waals surface area contributed by atoms with Crippen molar-refractivity contribution in [3.63, 3.8) is 0 Å². The molecule has 0 radical (unpaired) electrons. The lowest BCUT2D eigenvalue weighted by atomic mass is 10.0. The predicted octanol–water partition coefficient (Wildman–Crippen LogP) is 4.90. The van der Waals surface area contributed by atoms with Gasteiger partial charge in [0.05, 0.1) is 49.1 Å². The first-order valence-electron chi connectivity index (χ1n) is 11.8. The molecule has 2 aliphatic rings. The molecule has 3 heterocycles. The highest BCUT2D eigenvalue weighted by Gasteiger charge is 2.34. The molecule has 1 aromatic heterocycles. The highest BCUT2D eigenvalue weighted by atomic mass is 79.9. The summed E-state index contributed by atoms with van der Waals surface area (Å²) in [4.78, 5) is 17.0. The summed E-state index contributed by atoms with van der Waals surface area (Å²) in [5, 5.41) is 12.8. The van der Waals surface area contributed by atoms with Crippen LogP contribution in [0.15, 0.2) is 55.0 Å². The Labute approximate surface area is 213 Å². The van der Waals surface area contributed by atoms with Gasteiger partial charge in [0.25, 0.3) is 5.91 Å². The highest BCUT2D eigenvalue weighted by Crippen LogP contribution is 2.39. The topological polar surface area (TPSA) is 81.5 Å². The summed E-state index contributed by atoms with van der Waals surface area (Å²) in [5.74, 6) is 1.20. The summed E-state index contributed by atoms with van der Waals surface area (Å²) in [6, 6.07) is 11.8. The normalized spacial score (nSPS) is 16.7. The maximum atomic E-state index is 13.5. The van der Waals surface area contributed by atoms with E-state index in [1.165, 1.54) is 0 Å². The van der Waals surface area contributed by atoms with Crippen LogP contribution in [0.3, 0.4) is 0 Å². The van der Waals surface area contributed by atoms with E-state index < -0.39 is 0 Å². The number of carbonyl (C=O) groups excluding carboxylic acids is 1. The van der Waals surface area contributed by atoms with Gasteiger partial charge in [0.2, 0.25) is 0 Å². The molecule has 3 aromatic rings. The summed E-state index contributed by atoms with van der Waals surface area (Å²) < 4.78 is 11.6. The number of methoxy groups -OCH3 is 1. The largest absolute Gasteiger partial charge is 0.493 e. The van der Waals surface area contributed by atoms with E-state index in [0.717, 1.165) is 53.5 Å². The standard InChI is InChI=1S/C26H28BrN5O3/c1-34-24-14-22-23(15-25(24)35-12-4-2-3-9-27)28-16-21-13-19(17-31(21)26(22)33)18-5-7-20(8-6-18)32-29-10-11-30-32/h5-8,10-11,14-15,17,21,28H,2-4,9,12-13,16H2,1H3/t21-/m0/s1. The zero-order valence-corrected chi connectivity index (χ0v) is 21.2. The van der Waals surface area contributed by atoms with Crippen molar-refractivity contribution >= 4 is 33.1 Å². The molecule has 2 aromatic carbocycles. The third-order valence-corrected chi connectivity index (χ3v) is 6.92. The fourth-order valence-corrected chi connectivity index (χ4v) is 4.90. The Morgan fingerprint density at radius 1 is 1.09 bits per heavy atom. The Morgan fingerprint density at radius 3 is 2.63 bits per heavy atom. The van der Waals surface area contributed by atoms with Crippen molar-refractivity contribution in [3.05, 3.63) is 66.1 Å². The van der Waals surface area contributed by atoms with Crippen molar-refractivity contribution < 1.29 is 14.3 Å². The van der Waals surface area contributed by atoms with Crippen molar-refractivity contribution in [2.45, 2.75) is 31.7 Å². The second-order valence-electron chi connectivity index (χ2n) is 8.62. The van der Waals surface area contributed by atoms with Crippen LogP contribution in [-0.4, -0.2) is 57.4 Å². The van der Waals surface area contributed by atoms with Crippen LogP contribution in [0.25, 0.3) is 11.3 Å². The molecule has 1 amide bonds. The maximum Gasteiger partial charge on any atom is 0.260 e. The molecular formula is C26H28BrN5O3. The molecule has 1 atom stereocenters. The molecule has 8 nitrogen and oxygen atoms in total. The van der Waals surface area contributed by atoms with Crippen molar-refractivity contribution in [1.29, 1.82) is 0 Å². The number of rotatable bonds is 9. The Morgan fingerprint density at radius 2 is 1.89 bits per heavy atom. The quantitative estimate of drug-likeness (QED) is 0.308. The summed E-state index contributed by atoms with van der Waals surface area (Å²) in [7, 11) is 1.60. The third kappa shape index (κ3) is 4.91. The number of hydrogen-bond donors (Lipinski definition) is 1. The monoisotopic (exact) mass is 537 g/mol. The minimum absolute atomic E-state index is 0.0375. The Hall–Kier alpha value is -3.33. The molecule has 0 unspecified atom stereocenters. The van der Waals surface area contributed by atoms with E-state index in [1.54, 1.807) is 30.4 Å². The molecule has 35 heavy (non-hydrogen) atoms. The SMILES string of the molecule is COc1cc2c(cc1OCCCCCBr)NC[C@@H]1CC(c3ccc(-n4nccn4)cc3)=CN1C2=O. The predicted molar refractivity (Wildman–Crippen MR) is 139 cm³/mol. The molecule has 9 heteroatoms. The van der Waals surface area contributed by atoms with Gasteiger partial charge >= 0.3 is 0 Å². The first-order valence-corrected chi connectivity index (χ1v) is 12.9. The molecule has 0 fully saturated rings. The summed E-state index contributed by atoms with van der Waals surface area (Å²) in [6.07, 6.45) is 9.26. The molecule has 2 aliphatic heterocycles. The van der Waals surface area contributed by atoms with E-state index in [-0.39, 0.29) is 11.9 Å². The summed E-state index contributed by atoms with van der Waals surface area (Å²) in [6.45, 7) is 1.28. The van der Waals surface area contributed by atoms with Gasteiger partial charge in [0.1, 0.15) is 0 Å². The van der Waals surface area contributed by atoms with Crippen LogP contribution in [0.5, 0.6) is 11.5 Å². The number of alkyl halides is 1. The molecule has 0 aliphatic carbocycles. The number of nitrogens with zero attached hydrogens (tertiary/aromatic N) is 4. The van der Waals surface area contributed by atoms with Crippen molar-refractivity contribution in [2.75, 3.05) is 30.9 Å². The zero-order valence-electron chi connectivity index (χ0n) is 19.6. The Kier molecular flexibility index (Phi) is 7.03. The van der Waals surface area contributed by atoms with Crippen LogP contribution in [0.1, 0.15) is 41.6 Å². The maximum absolute atomic E-state index is 13.5. The van der Waals surface area contributed by atoms with Gasteiger partial charge in [0, 0.05) is 24.1 Å². The molecule has 0 spiro atoms. The van der Waals surface area contributed by atoms with Crippen LogP contribution >= 0.6 is 15.9 Å². The van der Waals surface area contributed by atoms with E-state index >= 15 is 0 Å². The minimum atomic E-state index is -0.0375. The molecule has 0 saturated carbocycles. The number of halogens is 1. The second kappa shape index (κ2) is 10.5.